The van der Waals surface area contributed by atoms with Crippen molar-refractivity contribution in [3.8, 4) is 16.9 Å². The second-order valence-corrected chi connectivity index (χ2v) is 7.39. The zero-order valence-electron chi connectivity index (χ0n) is 16.8. The van der Waals surface area contributed by atoms with Gasteiger partial charge in [0, 0.05) is 36.4 Å². The number of hydrogen-bond donors (Lipinski definition) is 1. The molecule has 2 heterocycles. The number of anilines is 1. The Bertz CT molecular complexity index is 1230. The van der Waals surface area contributed by atoms with Crippen LogP contribution in [0.4, 0.5) is 10.6 Å². The number of benzene rings is 2. The molecule has 0 unspecified atom stereocenters. The molecule has 0 atom stereocenters. The van der Waals surface area contributed by atoms with Crippen molar-refractivity contribution in [2.75, 3.05) is 12.4 Å². The van der Waals surface area contributed by atoms with Gasteiger partial charge in [-0.25, -0.2) is 9.78 Å². The molecule has 0 spiro atoms. The molecule has 4 aromatic rings. The highest BCUT2D eigenvalue weighted by Crippen LogP contribution is 2.34. The molecule has 7 nitrogen and oxygen atoms in total. The molecule has 0 aliphatic heterocycles. The first-order valence-corrected chi connectivity index (χ1v) is 9.66. The van der Waals surface area contributed by atoms with Gasteiger partial charge in [0.05, 0.1) is 24.5 Å². The maximum Gasteiger partial charge on any atom is 0.413 e. The van der Waals surface area contributed by atoms with Gasteiger partial charge in [-0.05, 0) is 42.0 Å². The summed E-state index contributed by atoms with van der Waals surface area (Å²) in [6.07, 6.45) is 3.12. The van der Waals surface area contributed by atoms with E-state index in [2.05, 4.69) is 10.3 Å². The molecule has 0 fully saturated rings. The molecule has 0 bridgehead atoms. The molecule has 1 amide bonds. The molecule has 2 aromatic heterocycles. The van der Waals surface area contributed by atoms with Gasteiger partial charge < -0.3 is 18.6 Å². The molecule has 2 aromatic carbocycles. The summed E-state index contributed by atoms with van der Waals surface area (Å²) in [5, 5.41) is 3.37. The number of carbonyl (C=O) groups excluding carboxylic acids is 1. The zero-order chi connectivity index (χ0) is 21.3. The molecule has 30 heavy (non-hydrogen) atoms. The van der Waals surface area contributed by atoms with Crippen molar-refractivity contribution >= 4 is 34.5 Å². The number of aryl methyl sites for hydroxylation is 2. The third-order valence-electron chi connectivity index (χ3n) is 4.87. The average molecular weight is 425 g/mol. The van der Waals surface area contributed by atoms with E-state index in [1.54, 1.807) is 25.6 Å². The van der Waals surface area contributed by atoms with E-state index in [4.69, 9.17) is 21.1 Å². The van der Waals surface area contributed by atoms with E-state index in [9.17, 15) is 4.79 Å². The van der Waals surface area contributed by atoms with Crippen molar-refractivity contribution in [1.29, 1.82) is 0 Å². The lowest BCUT2D eigenvalue weighted by molar-refractivity contribution is 0.155. The number of methoxy groups -OCH3 is 1. The first kappa shape index (κ1) is 19.8. The maximum absolute atomic E-state index is 12.3. The average Bonchev–Trinajstić information content (AvgIpc) is 3.28. The summed E-state index contributed by atoms with van der Waals surface area (Å²) < 4.78 is 14.5. The third kappa shape index (κ3) is 3.97. The van der Waals surface area contributed by atoms with E-state index in [-0.39, 0.29) is 6.61 Å². The SMILES string of the molecule is COc1cc(Cl)ccc1-c1cc(NC(=O)OCc2ccc3c(c2)ncn3C)n(C)c1. The number of amides is 1. The highest BCUT2D eigenvalue weighted by molar-refractivity contribution is 6.30. The van der Waals surface area contributed by atoms with E-state index in [0.717, 1.165) is 27.7 Å². The van der Waals surface area contributed by atoms with Gasteiger partial charge in [0.25, 0.3) is 0 Å². The van der Waals surface area contributed by atoms with Crippen LogP contribution in [0.2, 0.25) is 5.02 Å². The molecule has 154 valence electrons. The van der Waals surface area contributed by atoms with Crippen LogP contribution in [0.3, 0.4) is 0 Å². The quantitative estimate of drug-likeness (QED) is 0.490. The third-order valence-corrected chi connectivity index (χ3v) is 5.10. The van der Waals surface area contributed by atoms with Crippen LogP contribution in [0.1, 0.15) is 5.56 Å². The Hall–Kier alpha value is -3.45. The van der Waals surface area contributed by atoms with Crippen LogP contribution in [0.5, 0.6) is 5.75 Å². The molecule has 0 aliphatic carbocycles. The Balaban J connectivity index is 1.44. The fourth-order valence-corrected chi connectivity index (χ4v) is 3.46. The second-order valence-electron chi connectivity index (χ2n) is 6.95. The Morgan fingerprint density at radius 3 is 2.77 bits per heavy atom. The summed E-state index contributed by atoms with van der Waals surface area (Å²) in [5.74, 6) is 1.26. The number of nitrogens with one attached hydrogen (secondary N) is 1. The van der Waals surface area contributed by atoms with Crippen LogP contribution in [-0.4, -0.2) is 27.3 Å². The van der Waals surface area contributed by atoms with E-state index < -0.39 is 6.09 Å². The van der Waals surface area contributed by atoms with Gasteiger partial charge in [-0.1, -0.05) is 17.7 Å². The molecular formula is C22H21ClN4O3. The van der Waals surface area contributed by atoms with Gasteiger partial charge in [0.2, 0.25) is 0 Å². The standard InChI is InChI=1S/C22H21ClN4O3/c1-26-11-15(17-6-5-16(23)10-20(17)29-3)9-21(26)25-22(28)30-12-14-4-7-19-18(8-14)24-13-27(19)2/h4-11,13H,12H2,1-3H3,(H,25,28). The fraction of sp³-hybridized carbons (Fsp3) is 0.182. The molecule has 4 rings (SSSR count). The fourth-order valence-electron chi connectivity index (χ4n) is 3.30. The Morgan fingerprint density at radius 2 is 1.97 bits per heavy atom. The van der Waals surface area contributed by atoms with Crippen LogP contribution in [0.15, 0.2) is 55.0 Å². The van der Waals surface area contributed by atoms with Gasteiger partial charge in [-0.15, -0.1) is 0 Å². The number of imidazole rings is 1. The number of fused-ring (bicyclic) bond motifs is 1. The first-order chi connectivity index (χ1) is 14.4. The Kier molecular flexibility index (Phi) is 5.37. The molecule has 0 saturated heterocycles. The van der Waals surface area contributed by atoms with E-state index in [1.807, 2.05) is 59.8 Å². The van der Waals surface area contributed by atoms with Crippen LogP contribution in [0.25, 0.3) is 22.2 Å². The summed E-state index contributed by atoms with van der Waals surface area (Å²) in [6, 6.07) is 13.1. The van der Waals surface area contributed by atoms with E-state index in [0.29, 0.717) is 16.6 Å². The molecule has 1 N–H and O–H groups in total. The van der Waals surface area contributed by atoms with E-state index >= 15 is 0 Å². The summed E-state index contributed by atoms with van der Waals surface area (Å²) >= 11 is 6.04. The highest BCUT2D eigenvalue weighted by Gasteiger charge is 2.13. The number of aromatic nitrogens is 3. The lowest BCUT2D eigenvalue weighted by atomic mass is 10.1. The van der Waals surface area contributed by atoms with Crippen molar-refractivity contribution in [2.45, 2.75) is 6.61 Å². The predicted molar refractivity (Wildman–Crippen MR) is 117 cm³/mol. The molecule has 8 heteroatoms. The van der Waals surface area contributed by atoms with Crippen LogP contribution in [0, 0.1) is 0 Å². The van der Waals surface area contributed by atoms with E-state index in [1.165, 1.54) is 0 Å². The summed E-state index contributed by atoms with van der Waals surface area (Å²) in [6.45, 7) is 0.153. The largest absolute Gasteiger partial charge is 0.496 e. The number of ether oxygens (including phenoxy) is 2. The minimum atomic E-state index is -0.535. The second kappa shape index (κ2) is 8.12. The van der Waals surface area contributed by atoms with Crippen molar-refractivity contribution in [3.05, 3.63) is 65.6 Å². The van der Waals surface area contributed by atoms with Crippen LogP contribution in [-0.2, 0) is 25.4 Å². The van der Waals surface area contributed by atoms with Crippen molar-refractivity contribution in [3.63, 3.8) is 0 Å². The van der Waals surface area contributed by atoms with Gasteiger partial charge in [-0.3, -0.25) is 5.32 Å². The number of nitrogens with zero attached hydrogens (tertiary/aromatic N) is 3. The van der Waals surface area contributed by atoms with Crippen LogP contribution < -0.4 is 10.1 Å². The molecule has 0 radical (unpaired) electrons. The smallest absolute Gasteiger partial charge is 0.413 e. The number of rotatable bonds is 5. The topological polar surface area (TPSA) is 70.3 Å². The normalized spacial score (nSPS) is 10.9. The number of halogens is 1. The lowest BCUT2D eigenvalue weighted by Gasteiger charge is -2.08. The summed E-state index contributed by atoms with van der Waals surface area (Å²) in [5.41, 5.74) is 4.53. The molecule has 0 saturated carbocycles. The molecule has 0 aliphatic rings. The lowest BCUT2D eigenvalue weighted by Crippen LogP contribution is -2.15. The van der Waals surface area contributed by atoms with Crippen molar-refractivity contribution in [1.82, 2.24) is 14.1 Å². The minimum Gasteiger partial charge on any atom is -0.496 e. The van der Waals surface area contributed by atoms with Gasteiger partial charge in [0.15, 0.2) is 0 Å². The monoisotopic (exact) mass is 424 g/mol. The first-order valence-electron chi connectivity index (χ1n) is 9.28. The Morgan fingerprint density at radius 1 is 1.13 bits per heavy atom. The van der Waals surface area contributed by atoms with Gasteiger partial charge in [-0.2, -0.15) is 0 Å². The maximum atomic E-state index is 12.3. The molecular weight excluding hydrogens is 404 g/mol. The summed E-state index contributed by atoms with van der Waals surface area (Å²) in [7, 11) is 5.38. The number of hydrogen-bond acceptors (Lipinski definition) is 4. The zero-order valence-corrected chi connectivity index (χ0v) is 17.6. The minimum absolute atomic E-state index is 0.153. The summed E-state index contributed by atoms with van der Waals surface area (Å²) in [4.78, 5) is 16.6. The predicted octanol–water partition coefficient (Wildman–Crippen LogP) is 4.99. The highest BCUT2D eigenvalue weighted by atomic mass is 35.5. The van der Waals surface area contributed by atoms with Gasteiger partial charge in [0.1, 0.15) is 18.2 Å². The van der Waals surface area contributed by atoms with Crippen molar-refractivity contribution < 1.29 is 14.3 Å². The Labute approximate surface area is 178 Å². The van der Waals surface area contributed by atoms with Crippen molar-refractivity contribution in [2.24, 2.45) is 14.1 Å². The van der Waals surface area contributed by atoms with Crippen LogP contribution >= 0.6 is 11.6 Å². The number of carbonyl (C=O) groups is 1. The van der Waals surface area contributed by atoms with Gasteiger partial charge >= 0.3 is 6.09 Å².